The van der Waals surface area contributed by atoms with Gasteiger partial charge in [-0.1, -0.05) is 0 Å². The van der Waals surface area contributed by atoms with Gasteiger partial charge in [0.15, 0.2) is 0 Å². The lowest BCUT2D eigenvalue weighted by Gasteiger charge is -2.31. The predicted octanol–water partition coefficient (Wildman–Crippen LogP) is 1.07. The van der Waals surface area contributed by atoms with Gasteiger partial charge in [-0.3, -0.25) is 9.80 Å². The Hall–Kier alpha value is -0.800. The summed E-state index contributed by atoms with van der Waals surface area (Å²) in [7, 11) is 8.30. The van der Waals surface area contributed by atoms with E-state index in [-0.39, 0.29) is 0 Å². The molecule has 0 bridgehead atoms. The molecule has 1 aromatic heterocycles. The highest BCUT2D eigenvalue weighted by molar-refractivity contribution is 4.92. The van der Waals surface area contributed by atoms with Gasteiger partial charge in [-0.05, 0) is 40.3 Å². The average Bonchev–Trinajstić information content (AvgIpc) is 2.37. The molecule has 0 N–H and O–H groups in total. The average molecular weight is 167 g/mol. The Bertz CT molecular complexity index is 206. The molecule has 1 heterocycles. The van der Waals surface area contributed by atoms with Crippen molar-refractivity contribution in [3.8, 4) is 0 Å². The summed E-state index contributed by atoms with van der Waals surface area (Å²) >= 11 is 0. The fourth-order valence-electron chi connectivity index (χ4n) is 1.50. The van der Waals surface area contributed by atoms with Crippen LogP contribution in [0.5, 0.6) is 0 Å². The van der Waals surface area contributed by atoms with Crippen molar-refractivity contribution in [1.29, 1.82) is 0 Å². The van der Waals surface area contributed by atoms with E-state index in [1.54, 1.807) is 0 Å². The molecular formula is C9H17N3. The number of nitrogens with zero attached hydrogens (tertiary/aromatic N) is 3. The lowest BCUT2D eigenvalue weighted by Crippen LogP contribution is -2.36. The number of hydrogen-bond donors (Lipinski definition) is 0. The predicted molar refractivity (Wildman–Crippen MR) is 50.8 cm³/mol. The number of rotatable bonds is 3. The molecule has 0 unspecified atom stereocenters. The molecule has 68 valence electrons. The fraction of sp³-hybridized carbons (Fsp3) is 0.556. The highest BCUT2D eigenvalue weighted by atomic mass is 15.4. The zero-order valence-electron chi connectivity index (χ0n) is 8.23. The molecule has 0 aromatic carbocycles. The van der Waals surface area contributed by atoms with Gasteiger partial charge < -0.3 is 4.57 Å². The molecule has 3 heteroatoms. The quantitative estimate of drug-likeness (QED) is 0.624. The topological polar surface area (TPSA) is 11.4 Å². The van der Waals surface area contributed by atoms with Crippen LogP contribution in [0, 0.1) is 0 Å². The summed E-state index contributed by atoms with van der Waals surface area (Å²) < 4.78 is 2.17. The third-order valence-electron chi connectivity index (χ3n) is 1.82. The van der Waals surface area contributed by atoms with Gasteiger partial charge in [0.25, 0.3) is 0 Å². The molecule has 0 spiro atoms. The molecule has 0 amide bonds. The van der Waals surface area contributed by atoms with Crippen molar-refractivity contribution in [2.45, 2.75) is 6.29 Å². The zero-order valence-corrected chi connectivity index (χ0v) is 8.23. The second-order valence-electron chi connectivity index (χ2n) is 3.40. The van der Waals surface area contributed by atoms with E-state index >= 15 is 0 Å². The lowest BCUT2D eigenvalue weighted by molar-refractivity contribution is 0.0636. The first kappa shape index (κ1) is 9.29. The van der Waals surface area contributed by atoms with Crippen molar-refractivity contribution in [2.24, 2.45) is 0 Å². The Kier molecular flexibility index (Phi) is 2.89. The van der Waals surface area contributed by atoms with Gasteiger partial charge in [0, 0.05) is 12.4 Å². The third kappa shape index (κ3) is 1.87. The summed E-state index contributed by atoms with van der Waals surface area (Å²) in [6.45, 7) is 0. The van der Waals surface area contributed by atoms with E-state index < -0.39 is 0 Å². The molecular weight excluding hydrogens is 150 g/mol. The molecule has 0 atom stereocenters. The molecule has 0 saturated heterocycles. The van der Waals surface area contributed by atoms with Gasteiger partial charge in [0.2, 0.25) is 0 Å². The molecule has 3 nitrogen and oxygen atoms in total. The van der Waals surface area contributed by atoms with Gasteiger partial charge in [0.1, 0.15) is 6.29 Å². The standard InChI is InChI=1S/C9H17N3/c1-10(2)9(11(3)4)12-7-5-6-8-12/h5-9H,1-4H3. The first-order valence-electron chi connectivity index (χ1n) is 4.08. The van der Waals surface area contributed by atoms with Crippen LogP contribution in [-0.2, 0) is 0 Å². The molecule has 0 saturated carbocycles. The van der Waals surface area contributed by atoms with Gasteiger partial charge in [-0.25, -0.2) is 0 Å². The van der Waals surface area contributed by atoms with E-state index in [0.717, 1.165) is 0 Å². The second kappa shape index (κ2) is 3.74. The Labute approximate surface area is 74.2 Å². The largest absolute Gasteiger partial charge is 0.326 e. The molecule has 1 aromatic rings. The van der Waals surface area contributed by atoms with Crippen molar-refractivity contribution in [2.75, 3.05) is 28.2 Å². The van der Waals surface area contributed by atoms with Crippen LogP contribution in [0.15, 0.2) is 24.5 Å². The summed E-state index contributed by atoms with van der Waals surface area (Å²) in [6.07, 6.45) is 4.45. The Morgan fingerprint density at radius 3 is 1.67 bits per heavy atom. The summed E-state index contributed by atoms with van der Waals surface area (Å²) in [5, 5.41) is 0. The summed E-state index contributed by atoms with van der Waals surface area (Å²) in [5.41, 5.74) is 0. The van der Waals surface area contributed by atoms with E-state index in [1.807, 2.05) is 12.1 Å². The normalized spacial score (nSPS) is 11.9. The van der Waals surface area contributed by atoms with Crippen LogP contribution in [0.25, 0.3) is 0 Å². The van der Waals surface area contributed by atoms with Crippen LogP contribution in [0.2, 0.25) is 0 Å². The minimum Gasteiger partial charge on any atom is -0.326 e. The molecule has 1 rings (SSSR count). The molecule has 12 heavy (non-hydrogen) atoms. The van der Waals surface area contributed by atoms with Crippen LogP contribution < -0.4 is 0 Å². The van der Waals surface area contributed by atoms with Crippen molar-refractivity contribution < 1.29 is 0 Å². The highest BCUT2D eigenvalue weighted by Crippen LogP contribution is 2.11. The van der Waals surface area contributed by atoms with Crippen LogP contribution in [0.4, 0.5) is 0 Å². The smallest absolute Gasteiger partial charge is 0.142 e. The van der Waals surface area contributed by atoms with Crippen LogP contribution >= 0.6 is 0 Å². The SMILES string of the molecule is CN(C)C(N(C)C)n1cccc1. The molecule has 0 aliphatic rings. The lowest BCUT2D eigenvalue weighted by atomic mass is 10.6. The minimum absolute atomic E-state index is 0.306. The number of hydrogen-bond acceptors (Lipinski definition) is 2. The van der Waals surface area contributed by atoms with Crippen molar-refractivity contribution in [1.82, 2.24) is 14.4 Å². The summed E-state index contributed by atoms with van der Waals surface area (Å²) in [6, 6.07) is 4.08. The molecule has 0 aliphatic carbocycles. The number of aromatic nitrogens is 1. The van der Waals surface area contributed by atoms with E-state index in [2.05, 4.69) is 55.0 Å². The van der Waals surface area contributed by atoms with Crippen molar-refractivity contribution >= 4 is 0 Å². The molecule has 0 fully saturated rings. The maximum atomic E-state index is 2.17. The minimum atomic E-state index is 0.306. The summed E-state index contributed by atoms with van der Waals surface area (Å²) in [5.74, 6) is 0. The van der Waals surface area contributed by atoms with Gasteiger partial charge in [-0.15, -0.1) is 0 Å². The van der Waals surface area contributed by atoms with Crippen molar-refractivity contribution in [3.05, 3.63) is 24.5 Å². The monoisotopic (exact) mass is 167 g/mol. The fourth-order valence-corrected chi connectivity index (χ4v) is 1.50. The van der Waals surface area contributed by atoms with Crippen LogP contribution in [0.1, 0.15) is 6.29 Å². The van der Waals surface area contributed by atoms with E-state index in [9.17, 15) is 0 Å². The molecule has 0 radical (unpaired) electrons. The third-order valence-corrected chi connectivity index (χ3v) is 1.82. The zero-order chi connectivity index (χ0) is 9.14. The van der Waals surface area contributed by atoms with Crippen LogP contribution in [0.3, 0.4) is 0 Å². The maximum Gasteiger partial charge on any atom is 0.142 e. The Balaban J connectivity index is 2.81. The van der Waals surface area contributed by atoms with Gasteiger partial charge in [-0.2, -0.15) is 0 Å². The summed E-state index contributed by atoms with van der Waals surface area (Å²) in [4.78, 5) is 4.33. The first-order chi connectivity index (χ1) is 5.63. The van der Waals surface area contributed by atoms with Crippen molar-refractivity contribution in [3.63, 3.8) is 0 Å². The van der Waals surface area contributed by atoms with Gasteiger partial charge in [0.05, 0.1) is 0 Å². The van der Waals surface area contributed by atoms with E-state index in [0.29, 0.717) is 6.29 Å². The Morgan fingerprint density at radius 1 is 0.917 bits per heavy atom. The second-order valence-corrected chi connectivity index (χ2v) is 3.40. The first-order valence-corrected chi connectivity index (χ1v) is 4.08. The van der Waals surface area contributed by atoms with E-state index in [1.165, 1.54) is 0 Å². The highest BCUT2D eigenvalue weighted by Gasteiger charge is 2.13. The maximum absolute atomic E-state index is 2.17. The van der Waals surface area contributed by atoms with Crippen LogP contribution in [-0.4, -0.2) is 42.6 Å². The Morgan fingerprint density at radius 2 is 1.33 bits per heavy atom. The molecule has 0 aliphatic heterocycles. The van der Waals surface area contributed by atoms with Gasteiger partial charge >= 0.3 is 0 Å². The van der Waals surface area contributed by atoms with E-state index in [4.69, 9.17) is 0 Å².